The van der Waals surface area contributed by atoms with E-state index in [1.165, 1.54) is 6.07 Å². The van der Waals surface area contributed by atoms with Gasteiger partial charge in [-0.2, -0.15) is 0 Å². The minimum atomic E-state index is -0.481. The van der Waals surface area contributed by atoms with Crippen molar-refractivity contribution < 1.29 is 9.55 Å². The molecule has 1 aromatic carbocycles. The van der Waals surface area contributed by atoms with E-state index in [1.54, 1.807) is 12.3 Å². The van der Waals surface area contributed by atoms with E-state index in [0.29, 0.717) is 12.1 Å². The van der Waals surface area contributed by atoms with Crippen molar-refractivity contribution in [3.8, 4) is 0 Å². The van der Waals surface area contributed by atoms with Crippen molar-refractivity contribution in [2.45, 2.75) is 6.04 Å². The Labute approximate surface area is 136 Å². The topological polar surface area (TPSA) is 110 Å². The van der Waals surface area contributed by atoms with Gasteiger partial charge in [-0.15, -0.1) is 0 Å². The van der Waals surface area contributed by atoms with Crippen LogP contribution in [0, 0.1) is 10.1 Å². The summed E-state index contributed by atoms with van der Waals surface area (Å²) in [5.41, 5.74) is 1.32. The van der Waals surface area contributed by atoms with Gasteiger partial charge in [0.15, 0.2) is 0 Å². The number of nitrogens with one attached hydrogen (secondary N) is 1. The molecular formula is C15H14N6O3. The Bertz CT molecular complexity index is 881. The molecule has 3 heterocycles. The van der Waals surface area contributed by atoms with Gasteiger partial charge in [0, 0.05) is 37.5 Å². The molecule has 3 aromatic rings. The molecule has 24 heavy (non-hydrogen) atoms. The van der Waals surface area contributed by atoms with Crippen LogP contribution in [0.1, 0.15) is 11.6 Å². The molecule has 0 saturated carbocycles. The molecular weight excluding hydrogens is 312 g/mol. The largest absolute Gasteiger partial charge is 0.353 e. The first-order valence-corrected chi connectivity index (χ1v) is 7.53. The highest BCUT2D eigenvalue weighted by Gasteiger charge is 2.27. The summed E-state index contributed by atoms with van der Waals surface area (Å²) in [4.78, 5) is 17.2. The Balaban J connectivity index is 1.69. The lowest BCUT2D eigenvalue weighted by Crippen LogP contribution is -2.46. The zero-order valence-electron chi connectivity index (χ0n) is 12.6. The molecule has 1 unspecified atom stereocenters. The van der Waals surface area contributed by atoms with E-state index in [0.717, 1.165) is 24.5 Å². The Hall–Kier alpha value is -3.07. The maximum absolute atomic E-state index is 11.1. The predicted octanol–water partition coefficient (Wildman–Crippen LogP) is 1.68. The molecule has 0 amide bonds. The monoisotopic (exact) mass is 326 g/mol. The highest BCUT2D eigenvalue weighted by molar-refractivity contribution is 5.86. The molecule has 1 N–H and O–H groups in total. The van der Waals surface area contributed by atoms with Crippen molar-refractivity contribution >= 4 is 22.5 Å². The van der Waals surface area contributed by atoms with Crippen molar-refractivity contribution in [3.05, 3.63) is 52.2 Å². The van der Waals surface area contributed by atoms with Crippen LogP contribution < -0.4 is 10.2 Å². The number of piperazine rings is 1. The lowest BCUT2D eigenvalue weighted by molar-refractivity contribution is -0.383. The highest BCUT2D eigenvalue weighted by Crippen LogP contribution is 2.30. The summed E-state index contributed by atoms with van der Waals surface area (Å²) in [6.45, 7) is 2.28. The van der Waals surface area contributed by atoms with Crippen LogP contribution >= 0.6 is 0 Å². The van der Waals surface area contributed by atoms with E-state index < -0.39 is 4.92 Å². The summed E-state index contributed by atoms with van der Waals surface area (Å²) >= 11 is 0. The van der Waals surface area contributed by atoms with Gasteiger partial charge < -0.3 is 10.2 Å². The van der Waals surface area contributed by atoms with Crippen molar-refractivity contribution in [1.82, 2.24) is 20.6 Å². The fourth-order valence-electron chi connectivity index (χ4n) is 3.01. The van der Waals surface area contributed by atoms with Gasteiger partial charge in [0.05, 0.1) is 11.0 Å². The Morgan fingerprint density at radius 1 is 1.25 bits per heavy atom. The number of fused-ring (bicyclic) bond motifs is 1. The second-order valence-electron chi connectivity index (χ2n) is 5.53. The molecule has 0 aliphatic carbocycles. The number of non-ortho nitro benzene ring substituents is 1. The smallest absolute Gasteiger partial charge is 0.300 e. The van der Waals surface area contributed by atoms with Gasteiger partial charge in [-0.25, -0.2) is 9.61 Å². The van der Waals surface area contributed by atoms with Gasteiger partial charge in [0.2, 0.25) is 5.52 Å². The molecule has 4 rings (SSSR count). The number of hydrogen-bond donors (Lipinski definition) is 1. The molecule has 1 aliphatic heterocycles. The third-order valence-corrected chi connectivity index (χ3v) is 4.15. The van der Waals surface area contributed by atoms with E-state index in [9.17, 15) is 10.1 Å². The zero-order chi connectivity index (χ0) is 16.5. The summed E-state index contributed by atoms with van der Waals surface area (Å²) in [6.07, 6.45) is 1.76. The van der Waals surface area contributed by atoms with Crippen LogP contribution in [0.5, 0.6) is 0 Å². The van der Waals surface area contributed by atoms with Crippen LogP contribution in [0.15, 0.2) is 41.2 Å². The minimum Gasteiger partial charge on any atom is -0.353 e. The molecule has 1 atom stereocenters. The number of nitrogens with zero attached hydrogens (tertiary/aromatic N) is 5. The van der Waals surface area contributed by atoms with Crippen LogP contribution in [-0.4, -0.2) is 39.9 Å². The van der Waals surface area contributed by atoms with E-state index in [-0.39, 0.29) is 17.2 Å². The SMILES string of the molecule is O=[N+]([O-])c1ccc(C2CN(c3ccccn3)CCN2)c2nonc12. The quantitative estimate of drug-likeness (QED) is 0.572. The van der Waals surface area contributed by atoms with Gasteiger partial charge in [0.25, 0.3) is 0 Å². The number of benzene rings is 1. The zero-order valence-corrected chi connectivity index (χ0v) is 12.6. The van der Waals surface area contributed by atoms with Crippen LogP contribution in [0.3, 0.4) is 0 Å². The number of nitro benzene ring substituents is 1. The lowest BCUT2D eigenvalue weighted by Gasteiger charge is -2.34. The van der Waals surface area contributed by atoms with Crippen LogP contribution in [0.4, 0.5) is 11.5 Å². The van der Waals surface area contributed by atoms with Crippen molar-refractivity contribution in [2.24, 2.45) is 0 Å². The molecule has 0 spiro atoms. The Kier molecular flexibility index (Phi) is 3.54. The summed E-state index contributed by atoms with van der Waals surface area (Å²) < 4.78 is 4.74. The fourth-order valence-corrected chi connectivity index (χ4v) is 3.01. The number of pyridine rings is 1. The van der Waals surface area contributed by atoms with E-state index in [1.807, 2.05) is 18.2 Å². The highest BCUT2D eigenvalue weighted by atomic mass is 16.6. The summed E-state index contributed by atoms with van der Waals surface area (Å²) in [6, 6.07) is 8.91. The van der Waals surface area contributed by atoms with E-state index in [4.69, 9.17) is 4.63 Å². The number of anilines is 1. The third kappa shape index (κ3) is 2.44. The molecule has 1 aliphatic rings. The number of hydrogen-bond acceptors (Lipinski definition) is 8. The van der Waals surface area contributed by atoms with E-state index in [2.05, 4.69) is 25.5 Å². The number of rotatable bonds is 3. The average Bonchev–Trinajstić information content (AvgIpc) is 3.11. The lowest BCUT2D eigenvalue weighted by atomic mass is 10.0. The summed E-state index contributed by atoms with van der Waals surface area (Å²) in [7, 11) is 0. The standard InChI is InChI=1S/C15H14N6O3/c22-21(23)12-5-4-10(14-15(12)19-24-18-14)11-9-20(8-7-16-11)13-3-1-2-6-17-13/h1-6,11,16H,7-9H2. The second-order valence-corrected chi connectivity index (χ2v) is 5.53. The molecule has 0 bridgehead atoms. The van der Waals surface area contributed by atoms with Crippen LogP contribution in [0.25, 0.3) is 11.0 Å². The van der Waals surface area contributed by atoms with Gasteiger partial charge in [0.1, 0.15) is 11.3 Å². The second kappa shape index (κ2) is 5.85. The normalized spacial score (nSPS) is 18.0. The Morgan fingerprint density at radius 3 is 2.92 bits per heavy atom. The first kappa shape index (κ1) is 14.5. The molecule has 2 aromatic heterocycles. The van der Waals surface area contributed by atoms with Gasteiger partial charge in [-0.05, 0) is 28.5 Å². The minimum absolute atomic E-state index is 0.0454. The molecule has 9 heteroatoms. The first-order valence-electron chi connectivity index (χ1n) is 7.53. The number of nitro groups is 1. The molecule has 1 fully saturated rings. The molecule has 1 saturated heterocycles. The molecule has 9 nitrogen and oxygen atoms in total. The third-order valence-electron chi connectivity index (χ3n) is 4.15. The Morgan fingerprint density at radius 2 is 2.12 bits per heavy atom. The van der Waals surface area contributed by atoms with Gasteiger partial charge in [-0.3, -0.25) is 10.1 Å². The van der Waals surface area contributed by atoms with Crippen LogP contribution in [-0.2, 0) is 0 Å². The summed E-state index contributed by atoms with van der Waals surface area (Å²) in [5.74, 6) is 0.903. The first-order chi connectivity index (χ1) is 11.7. The predicted molar refractivity (Wildman–Crippen MR) is 85.7 cm³/mol. The maximum Gasteiger partial charge on any atom is 0.300 e. The van der Waals surface area contributed by atoms with Crippen molar-refractivity contribution in [2.75, 3.05) is 24.5 Å². The number of aromatic nitrogens is 3. The average molecular weight is 326 g/mol. The fraction of sp³-hybridized carbons (Fsp3) is 0.267. The maximum atomic E-state index is 11.1. The van der Waals surface area contributed by atoms with Gasteiger partial charge in [-0.1, -0.05) is 6.07 Å². The molecule has 122 valence electrons. The van der Waals surface area contributed by atoms with Gasteiger partial charge >= 0.3 is 5.69 Å². The summed E-state index contributed by atoms with van der Waals surface area (Å²) in [5, 5.41) is 22.1. The van der Waals surface area contributed by atoms with Crippen molar-refractivity contribution in [3.63, 3.8) is 0 Å². The van der Waals surface area contributed by atoms with Crippen LogP contribution in [0.2, 0.25) is 0 Å². The van der Waals surface area contributed by atoms with E-state index >= 15 is 0 Å². The molecule has 0 radical (unpaired) electrons. The van der Waals surface area contributed by atoms with Crippen molar-refractivity contribution in [1.29, 1.82) is 0 Å².